The lowest BCUT2D eigenvalue weighted by Gasteiger charge is -2.21. The molecule has 0 bridgehead atoms. The molecule has 0 spiro atoms. The number of rotatable bonds is 7. The van der Waals surface area contributed by atoms with Crippen LogP contribution in [0, 0.1) is 10.1 Å². The fraction of sp³-hybridized carbons (Fsp3) is 0.462. The van der Waals surface area contributed by atoms with E-state index >= 15 is 0 Å². The first-order valence-corrected chi connectivity index (χ1v) is 6.21. The Bertz CT molecular complexity index is 487. The van der Waals surface area contributed by atoms with Crippen molar-refractivity contribution in [3.63, 3.8) is 0 Å². The van der Waals surface area contributed by atoms with Crippen LogP contribution in [0.2, 0.25) is 0 Å². The van der Waals surface area contributed by atoms with Crippen molar-refractivity contribution in [1.29, 1.82) is 0 Å². The number of nitro groups is 1. The highest BCUT2D eigenvalue weighted by Gasteiger charge is 2.19. The standard InChI is InChI=1S/C13H18N2O5/c1-3-13(2,17)9-14-12(16)8-20-11-7-5-4-6-10(11)15(18)19/h4-7,17H,3,8-9H2,1-2H3,(H,14,16). The van der Waals surface area contributed by atoms with Crippen molar-refractivity contribution in [1.82, 2.24) is 5.32 Å². The van der Waals surface area contributed by atoms with Crippen LogP contribution >= 0.6 is 0 Å². The van der Waals surface area contributed by atoms with Gasteiger partial charge in [0.2, 0.25) is 0 Å². The third kappa shape index (κ3) is 4.85. The van der Waals surface area contributed by atoms with Crippen LogP contribution in [0.1, 0.15) is 20.3 Å². The number of nitrogens with zero attached hydrogens (tertiary/aromatic N) is 1. The molecule has 1 unspecified atom stereocenters. The molecule has 7 heteroatoms. The van der Waals surface area contributed by atoms with Gasteiger partial charge in [-0.05, 0) is 19.4 Å². The molecule has 20 heavy (non-hydrogen) atoms. The van der Waals surface area contributed by atoms with Crippen LogP contribution in [0.5, 0.6) is 5.75 Å². The summed E-state index contributed by atoms with van der Waals surface area (Å²) in [6.45, 7) is 3.17. The summed E-state index contributed by atoms with van der Waals surface area (Å²) in [7, 11) is 0. The maximum absolute atomic E-state index is 11.5. The third-order valence-corrected chi connectivity index (χ3v) is 2.85. The number of amides is 1. The van der Waals surface area contributed by atoms with E-state index in [-0.39, 0.29) is 24.6 Å². The molecule has 0 saturated carbocycles. The van der Waals surface area contributed by atoms with Crippen molar-refractivity contribution in [2.45, 2.75) is 25.9 Å². The van der Waals surface area contributed by atoms with Gasteiger partial charge in [0.15, 0.2) is 12.4 Å². The molecule has 1 rings (SSSR count). The van der Waals surface area contributed by atoms with Gasteiger partial charge in [0.05, 0.1) is 10.5 Å². The minimum Gasteiger partial charge on any atom is -0.477 e. The van der Waals surface area contributed by atoms with Crippen LogP contribution in [0.3, 0.4) is 0 Å². The fourth-order valence-corrected chi connectivity index (χ4v) is 1.34. The van der Waals surface area contributed by atoms with Gasteiger partial charge in [-0.2, -0.15) is 0 Å². The zero-order valence-electron chi connectivity index (χ0n) is 11.5. The molecular formula is C13H18N2O5. The number of hydrogen-bond acceptors (Lipinski definition) is 5. The Morgan fingerprint density at radius 1 is 1.50 bits per heavy atom. The van der Waals surface area contributed by atoms with Gasteiger partial charge in [0.25, 0.3) is 5.91 Å². The Labute approximate surface area is 116 Å². The third-order valence-electron chi connectivity index (χ3n) is 2.85. The lowest BCUT2D eigenvalue weighted by atomic mass is 10.0. The van der Waals surface area contributed by atoms with Crippen LogP contribution < -0.4 is 10.1 Å². The Kier molecular flexibility index (Phi) is 5.45. The predicted octanol–water partition coefficient (Wildman–Crippen LogP) is 1.25. The van der Waals surface area contributed by atoms with Crippen LogP contribution in [0.25, 0.3) is 0 Å². The topological polar surface area (TPSA) is 102 Å². The summed E-state index contributed by atoms with van der Waals surface area (Å²) in [6, 6.07) is 5.83. The number of carbonyl (C=O) groups is 1. The number of nitrogens with one attached hydrogen (secondary N) is 1. The van der Waals surface area contributed by atoms with Gasteiger partial charge in [-0.25, -0.2) is 0 Å². The van der Waals surface area contributed by atoms with Crippen molar-refractivity contribution in [3.8, 4) is 5.75 Å². The minimum atomic E-state index is -0.978. The Morgan fingerprint density at radius 2 is 2.15 bits per heavy atom. The number of hydrogen-bond donors (Lipinski definition) is 2. The van der Waals surface area contributed by atoms with Gasteiger partial charge in [0, 0.05) is 12.6 Å². The number of nitro benzene ring substituents is 1. The van der Waals surface area contributed by atoms with Crippen molar-refractivity contribution >= 4 is 11.6 Å². The van der Waals surface area contributed by atoms with Crippen LogP contribution in [0.4, 0.5) is 5.69 Å². The van der Waals surface area contributed by atoms with Gasteiger partial charge in [-0.1, -0.05) is 19.1 Å². The highest BCUT2D eigenvalue weighted by molar-refractivity contribution is 5.77. The predicted molar refractivity (Wildman–Crippen MR) is 72.5 cm³/mol. The molecule has 1 amide bonds. The second-order valence-corrected chi connectivity index (χ2v) is 4.64. The molecule has 2 N–H and O–H groups in total. The number of benzene rings is 1. The Hall–Kier alpha value is -2.15. The van der Waals surface area contributed by atoms with Gasteiger partial charge < -0.3 is 15.2 Å². The van der Waals surface area contributed by atoms with E-state index in [2.05, 4.69) is 5.32 Å². The molecule has 0 fully saturated rings. The highest BCUT2D eigenvalue weighted by atomic mass is 16.6. The summed E-state index contributed by atoms with van der Waals surface area (Å²) in [5.74, 6) is -0.410. The lowest BCUT2D eigenvalue weighted by Crippen LogP contribution is -2.41. The largest absolute Gasteiger partial charge is 0.477 e. The molecule has 0 radical (unpaired) electrons. The average molecular weight is 282 g/mol. The molecule has 1 aromatic rings. The van der Waals surface area contributed by atoms with Crippen molar-refractivity contribution in [2.75, 3.05) is 13.2 Å². The van der Waals surface area contributed by atoms with Crippen molar-refractivity contribution in [2.24, 2.45) is 0 Å². The smallest absolute Gasteiger partial charge is 0.310 e. The first-order valence-electron chi connectivity index (χ1n) is 6.21. The van der Waals surface area contributed by atoms with E-state index in [0.29, 0.717) is 6.42 Å². The molecule has 110 valence electrons. The molecule has 1 aromatic carbocycles. The lowest BCUT2D eigenvalue weighted by molar-refractivity contribution is -0.385. The number of carbonyl (C=O) groups excluding carboxylic acids is 1. The highest BCUT2D eigenvalue weighted by Crippen LogP contribution is 2.25. The molecular weight excluding hydrogens is 264 g/mol. The molecule has 0 aliphatic rings. The van der Waals surface area contributed by atoms with E-state index in [1.54, 1.807) is 19.9 Å². The van der Waals surface area contributed by atoms with E-state index in [9.17, 15) is 20.0 Å². The van der Waals surface area contributed by atoms with Gasteiger partial charge in [0.1, 0.15) is 0 Å². The van der Waals surface area contributed by atoms with Crippen molar-refractivity contribution in [3.05, 3.63) is 34.4 Å². The van der Waals surface area contributed by atoms with E-state index in [0.717, 1.165) is 0 Å². The molecule has 0 aliphatic heterocycles. The number of ether oxygens (including phenoxy) is 1. The minimum absolute atomic E-state index is 0.0369. The van der Waals surface area contributed by atoms with E-state index in [4.69, 9.17) is 4.74 Å². The first kappa shape index (κ1) is 15.9. The normalized spacial score (nSPS) is 13.3. The molecule has 0 heterocycles. The number of aliphatic hydroxyl groups is 1. The SMILES string of the molecule is CCC(C)(O)CNC(=O)COc1ccccc1[N+](=O)[O-]. The van der Waals surface area contributed by atoms with Crippen LogP contribution in [-0.4, -0.2) is 34.7 Å². The number of para-hydroxylation sites is 2. The van der Waals surface area contributed by atoms with Gasteiger partial charge in [-0.3, -0.25) is 14.9 Å². The fourth-order valence-electron chi connectivity index (χ4n) is 1.34. The summed E-state index contributed by atoms with van der Waals surface area (Å²) < 4.78 is 5.12. The monoisotopic (exact) mass is 282 g/mol. The second-order valence-electron chi connectivity index (χ2n) is 4.64. The first-order chi connectivity index (χ1) is 9.35. The quantitative estimate of drug-likeness (QED) is 0.579. The van der Waals surface area contributed by atoms with Gasteiger partial charge >= 0.3 is 5.69 Å². The van der Waals surface area contributed by atoms with Crippen LogP contribution in [-0.2, 0) is 4.79 Å². The van der Waals surface area contributed by atoms with E-state index in [1.165, 1.54) is 18.2 Å². The zero-order chi connectivity index (χ0) is 15.2. The summed E-state index contributed by atoms with van der Waals surface area (Å²) in [5.41, 5.74) is -1.17. The molecule has 0 aromatic heterocycles. The van der Waals surface area contributed by atoms with Crippen molar-refractivity contribution < 1.29 is 19.6 Å². The molecule has 0 aliphatic carbocycles. The van der Waals surface area contributed by atoms with Gasteiger partial charge in [-0.15, -0.1) is 0 Å². The average Bonchev–Trinajstić information content (AvgIpc) is 2.43. The molecule has 1 atom stereocenters. The zero-order valence-corrected chi connectivity index (χ0v) is 11.5. The summed E-state index contributed by atoms with van der Waals surface area (Å²) >= 11 is 0. The van der Waals surface area contributed by atoms with Crippen LogP contribution in [0.15, 0.2) is 24.3 Å². The summed E-state index contributed by atoms with van der Waals surface area (Å²) in [5, 5.41) is 23.0. The second kappa shape index (κ2) is 6.85. The maximum Gasteiger partial charge on any atom is 0.310 e. The molecule has 7 nitrogen and oxygen atoms in total. The van der Waals surface area contributed by atoms with E-state index < -0.39 is 16.4 Å². The Balaban J connectivity index is 2.52. The molecule has 0 saturated heterocycles. The Morgan fingerprint density at radius 3 is 2.75 bits per heavy atom. The van der Waals surface area contributed by atoms with E-state index in [1.807, 2.05) is 0 Å². The maximum atomic E-state index is 11.5. The summed E-state index contributed by atoms with van der Waals surface area (Å²) in [4.78, 5) is 21.7. The summed E-state index contributed by atoms with van der Waals surface area (Å²) in [6.07, 6.45) is 0.498.